The van der Waals surface area contributed by atoms with Gasteiger partial charge >= 0.3 is 0 Å². The van der Waals surface area contributed by atoms with E-state index in [0.717, 1.165) is 12.3 Å². The summed E-state index contributed by atoms with van der Waals surface area (Å²) in [4.78, 5) is 4.28. The van der Waals surface area contributed by atoms with Crippen LogP contribution in [-0.4, -0.2) is 9.55 Å². The molecule has 1 fully saturated rings. The van der Waals surface area contributed by atoms with Gasteiger partial charge in [0.05, 0.1) is 12.0 Å². The van der Waals surface area contributed by atoms with Crippen LogP contribution in [0.3, 0.4) is 0 Å². The zero-order chi connectivity index (χ0) is 12.4. The number of nitrogens with zero attached hydrogens (tertiary/aromatic N) is 2. The van der Waals surface area contributed by atoms with Gasteiger partial charge in [-0.3, -0.25) is 0 Å². The fraction of sp³-hybridized carbons (Fsp3) is 0.786. The molecule has 1 aliphatic rings. The molecule has 3 heteroatoms. The van der Waals surface area contributed by atoms with E-state index in [2.05, 4.69) is 30.3 Å². The summed E-state index contributed by atoms with van der Waals surface area (Å²) in [6.07, 6.45) is 9.01. The highest BCUT2D eigenvalue weighted by molar-refractivity contribution is 5.06. The summed E-state index contributed by atoms with van der Waals surface area (Å²) in [5.74, 6) is 1.58. The molecular weight excluding hydrogens is 210 g/mol. The summed E-state index contributed by atoms with van der Waals surface area (Å²) < 4.78 is 2.28. The zero-order valence-electron chi connectivity index (χ0n) is 11.3. The van der Waals surface area contributed by atoms with Crippen LogP contribution in [0.5, 0.6) is 0 Å². The van der Waals surface area contributed by atoms with Gasteiger partial charge in [-0.2, -0.15) is 0 Å². The molecule has 3 nitrogen and oxygen atoms in total. The Morgan fingerprint density at radius 1 is 1.41 bits per heavy atom. The smallest absolute Gasteiger partial charge is 0.0951 e. The van der Waals surface area contributed by atoms with Crippen molar-refractivity contribution < 1.29 is 0 Å². The number of aromatic nitrogens is 2. The number of imidazole rings is 1. The average Bonchev–Trinajstić information content (AvgIpc) is 2.92. The van der Waals surface area contributed by atoms with Gasteiger partial charge in [0.1, 0.15) is 0 Å². The molecule has 1 saturated carbocycles. The predicted molar refractivity (Wildman–Crippen MR) is 70.7 cm³/mol. The highest BCUT2D eigenvalue weighted by Crippen LogP contribution is 2.37. The maximum Gasteiger partial charge on any atom is 0.0951 e. The average molecular weight is 235 g/mol. The Morgan fingerprint density at radius 2 is 2.12 bits per heavy atom. The molecule has 2 unspecified atom stereocenters. The number of rotatable bonds is 6. The first-order valence-corrected chi connectivity index (χ1v) is 6.85. The van der Waals surface area contributed by atoms with Gasteiger partial charge in [-0.25, -0.2) is 4.98 Å². The second kappa shape index (κ2) is 5.21. The van der Waals surface area contributed by atoms with Gasteiger partial charge in [-0.1, -0.05) is 26.7 Å². The SMILES string of the molecule is CC(C)CC(N)c1cncn1C(C)CC1CC1. The van der Waals surface area contributed by atoms with Crippen molar-refractivity contribution in [2.75, 3.05) is 0 Å². The monoisotopic (exact) mass is 235 g/mol. The first kappa shape index (κ1) is 12.6. The maximum atomic E-state index is 6.26. The fourth-order valence-electron chi connectivity index (χ4n) is 2.55. The molecule has 2 atom stereocenters. The quantitative estimate of drug-likeness (QED) is 0.822. The fourth-order valence-corrected chi connectivity index (χ4v) is 2.55. The Hall–Kier alpha value is -0.830. The summed E-state index contributed by atoms with van der Waals surface area (Å²) in [6.45, 7) is 6.72. The van der Waals surface area contributed by atoms with Crippen LogP contribution in [0.4, 0.5) is 0 Å². The predicted octanol–water partition coefficient (Wildman–Crippen LogP) is 3.29. The molecule has 0 amide bonds. The van der Waals surface area contributed by atoms with Crippen LogP contribution in [-0.2, 0) is 0 Å². The van der Waals surface area contributed by atoms with Crippen molar-refractivity contribution in [1.82, 2.24) is 9.55 Å². The van der Waals surface area contributed by atoms with Crippen LogP contribution in [0.1, 0.15) is 64.2 Å². The lowest BCUT2D eigenvalue weighted by molar-refractivity contribution is 0.428. The summed E-state index contributed by atoms with van der Waals surface area (Å²) in [5.41, 5.74) is 7.47. The van der Waals surface area contributed by atoms with Crippen molar-refractivity contribution in [2.45, 2.75) is 58.5 Å². The molecule has 0 bridgehead atoms. The van der Waals surface area contributed by atoms with E-state index >= 15 is 0 Å². The minimum Gasteiger partial charge on any atom is -0.330 e. The van der Waals surface area contributed by atoms with Crippen molar-refractivity contribution >= 4 is 0 Å². The molecule has 1 aromatic rings. The van der Waals surface area contributed by atoms with E-state index in [4.69, 9.17) is 5.73 Å². The van der Waals surface area contributed by atoms with Gasteiger partial charge in [-0.15, -0.1) is 0 Å². The Morgan fingerprint density at radius 3 is 2.71 bits per heavy atom. The standard InChI is InChI=1S/C14H25N3/c1-10(2)6-13(15)14-8-16-9-17(14)11(3)7-12-4-5-12/h8-13H,4-7,15H2,1-3H3. The molecule has 0 aromatic carbocycles. The molecule has 2 N–H and O–H groups in total. The van der Waals surface area contributed by atoms with Crippen molar-refractivity contribution in [3.63, 3.8) is 0 Å². The minimum absolute atomic E-state index is 0.124. The highest BCUT2D eigenvalue weighted by atomic mass is 15.1. The van der Waals surface area contributed by atoms with Gasteiger partial charge in [0.25, 0.3) is 0 Å². The van der Waals surface area contributed by atoms with Crippen molar-refractivity contribution in [2.24, 2.45) is 17.6 Å². The van der Waals surface area contributed by atoms with E-state index in [1.54, 1.807) is 0 Å². The Balaban J connectivity index is 2.03. The van der Waals surface area contributed by atoms with Crippen LogP contribution in [0.15, 0.2) is 12.5 Å². The van der Waals surface area contributed by atoms with Gasteiger partial charge in [0.2, 0.25) is 0 Å². The number of hydrogen-bond acceptors (Lipinski definition) is 2. The highest BCUT2D eigenvalue weighted by Gasteiger charge is 2.25. The maximum absolute atomic E-state index is 6.26. The second-order valence-electron chi connectivity index (χ2n) is 5.99. The second-order valence-corrected chi connectivity index (χ2v) is 5.99. The van der Waals surface area contributed by atoms with Crippen LogP contribution in [0.25, 0.3) is 0 Å². The number of nitrogens with two attached hydrogens (primary N) is 1. The van der Waals surface area contributed by atoms with E-state index in [9.17, 15) is 0 Å². The lowest BCUT2D eigenvalue weighted by Gasteiger charge is -2.21. The molecule has 1 heterocycles. The molecular formula is C14H25N3. The zero-order valence-corrected chi connectivity index (χ0v) is 11.3. The molecule has 1 aromatic heterocycles. The first-order valence-electron chi connectivity index (χ1n) is 6.85. The Labute approximate surface area is 104 Å². The first-order chi connectivity index (χ1) is 8.08. The topological polar surface area (TPSA) is 43.8 Å². The molecule has 17 heavy (non-hydrogen) atoms. The number of hydrogen-bond donors (Lipinski definition) is 1. The van der Waals surface area contributed by atoms with Crippen LogP contribution in [0.2, 0.25) is 0 Å². The van der Waals surface area contributed by atoms with Crippen LogP contribution in [0, 0.1) is 11.8 Å². The van der Waals surface area contributed by atoms with E-state index in [-0.39, 0.29) is 6.04 Å². The third-order valence-electron chi connectivity index (χ3n) is 3.65. The summed E-state index contributed by atoms with van der Waals surface area (Å²) in [7, 11) is 0. The third kappa shape index (κ3) is 3.32. The lowest BCUT2D eigenvalue weighted by atomic mass is 10.0. The van der Waals surface area contributed by atoms with Crippen molar-refractivity contribution in [1.29, 1.82) is 0 Å². The Bertz CT molecular complexity index is 328. The summed E-state index contributed by atoms with van der Waals surface area (Å²) >= 11 is 0. The molecule has 2 rings (SSSR count). The van der Waals surface area contributed by atoms with Gasteiger partial charge in [0, 0.05) is 18.3 Å². The van der Waals surface area contributed by atoms with E-state index < -0.39 is 0 Å². The minimum atomic E-state index is 0.124. The van der Waals surface area contributed by atoms with Crippen molar-refractivity contribution in [3.8, 4) is 0 Å². The van der Waals surface area contributed by atoms with Gasteiger partial charge in [-0.05, 0) is 31.6 Å². The normalized spacial score (nSPS) is 19.6. The van der Waals surface area contributed by atoms with Crippen LogP contribution < -0.4 is 5.73 Å². The van der Waals surface area contributed by atoms with E-state index in [0.29, 0.717) is 12.0 Å². The van der Waals surface area contributed by atoms with Crippen LogP contribution >= 0.6 is 0 Å². The summed E-state index contributed by atoms with van der Waals surface area (Å²) in [6, 6.07) is 0.664. The molecule has 1 aliphatic carbocycles. The molecule has 0 aliphatic heterocycles. The molecule has 96 valence electrons. The van der Waals surface area contributed by atoms with E-state index in [1.165, 1.54) is 25.0 Å². The molecule has 0 saturated heterocycles. The lowest BCUT2D eigenvalue weighted by Crippen LogP contribution is -2.19. The molecule has 0 radical (unpaired) electrons. The molecule has 0 spiro atoms. The Kier molecular flexibility index (Phi) is 3.87. The van der Waals surface area contributed by atoms with Gasteiger partial charge < -0.3 is 10.3 Å². The summed E-state index contributed by atoms with van der Waals surface area (Å²) in [5, 5.41) is 0. The van der Waals surface area contributed by atoms with E-state index in [1.807, 2.05) is 12.5 Å². The largest absolute Gasteiger partial charge is 0.330 e. The van der Waals surface area contributed by atoms with Gasteiger partial charge in [0.15, 0.2) is 0 Å². The van der Waals surface area contributed by atoms with Crippen molar-refractivity contribution in [3.05, 3.63) is 18.2 Å². The third-order valence-corrected chi connectivity index (χ3v) is 3.65.